The molecule has 0 saturated carbocycles. The Morgan fingerprint density at radius 1 is 1.05 bits per heavy atom. The minimum Gasteiger partial charge on any atom is -0.496 e. The summed E-state index contributed by atoms with van der Waals surface area (Å²) in [7, 11) is 1.57. The number of aromatic nitrogens is 2. The SMILES string of the molecule is COc1ccc(Br)cc1[C@H]1C(C(=O)OC(C)C)=C(C)N=c2s/c(=C\c3cc(C)n(-c4ccc(Br)cc4)c3C)c(=O)n21. The van der Waals surface area contributed by atoms with Gasteiger partial charge in [-0.3, -0.25) is 9.36 Å². The second kappa shape index (κ2) is 11.6. The summed E-state index contributed by atoms with van der Waals surface area (Å²) in [4.78, 5) is 32.8. The minimum absolute atomic E-state index is 0.239. The average molecular weight is 699 g/mol. The maximum absolute atomic E-state index is 14.1. The van der Waals surface area contributed by atoms with Gasteiger partial charge in [0.25, 0.3) is 5.56 Å². The highest BCUT2D eigenvalue weighted by Crippen LogP contribution is 2.37. The molecule has 2 aromatic heterocycles. The van der Waals surface area contributed by atoms with Crippen LogP contribution in [0.5, 0.6) is 5.75 Å². The maximum Gasteiger partial charge on any atom is 0.338 e. The van der Waals surface area contributed by atoms with Crippen molar-refractivity contribution in [2.45, 2.75) is 46.8 Å². The number of methoxy groups -OCH3 is 1. The van der Waals surface area contributed by atoms with Crippen LogP contribution in [0.4, 0.5) is 0 Å². The number of allylic oxidation sites excluding steroid dienone is 1. The molecule has 0 fully saturated rings. The summed E-state index contributed by atoms with van der Waals surface area (Å²) >= 11 is 8.35. The van der Waals surface area contributed by atoms with Crippen molar-refractivity contribution in [2.24, 2.45) is 4.99 Å². The van der Waals surface area contributed by atoms with E-state index in [0.29, 0.717) is 31.9 Å². The molecular weight excluding hydrogens is 670 g/mol. The number of halogens is 2. The third kappa shape index (κ3) is 5.52. The number of carbonyl (C=O) groups is 1. The van der Waals surface area contributed by atoms with Gasteiger partial charge in [-0.15, -0.1) is 0 Å². The first-order chi connectivity index (χ1) is 19.5. The number of rotatable bonds is 6. The van der Waals surface area contributed by atoms with Crippen LogP contribution < -0.4 is 19.6 Å². The molecule has 0 amide bonds. The molecule has 5 rings (SSSR count). The fourth-order valence-electron chi connectivity index (χ4n) is 5.14. The molecule has 41 heavy (non-hydrogen) atoms. The molecule has 0 N–H and O–H groups in total. The number of fused-ring (bicyclic) bond motifs is 1. The smallest absolute Gasteiger partial charge is 0.338 e. The van der Waals surface area contributed by atoms with Crippen molar-refractivity contribution in [1.82, 2.24) is 9.13 Å². The van der Waals surface area contributed by atoms with Gasteiger partial charge in [0.15, 0.2) is 4.80 Å². The molecule has 3 heterocycles. The van der Waals surface area contributed by atoms with Crippen molar-refractivity contribution in [3.8, 4) is 11.4 Å². The van der Waals surface area contributed by atoms with E-state index in [1.807, 2.05) is 62.4 Å². The number of nitrogens with zero attached hydrogens (tertiary/aromatic N) is 3. The lowest BCUT2D eigenvalue weighted by molar-refractivity contribution is -0.143. The van der Waals surface area contributed by atoms with Gasteiger partial charge in [-0.1, -0.05) is 43.2 Å². The fraction of sp³-hybridized carbons (Fsp3) is 0.258. The van der Waals surface area contributed by atoms with Gasteiger partial charge in [-0.25, -0.2) is 9.79 Å². The third-order valence-electron chi connectivity index (χ3n) is 6.91. The molecule has 0 aliphatic carbocycles. The van der Waals surface area contributed by atoms with Gasteiger partial charge in [-0.2, -0.15) is 0 Å². The standard InChI is InChI=1S/C31H29Br2N3O4S/c1-16(2)40-30(38)27-18(4)34-31-36(28(27)24-15-22(33)9-12-25(24)39-6)29(37)26(41-31)14-20-13-17(3)35(19(20)5)23-10-7-21(32)8-11-23/h7-16,28H,1-6H3/b26-14-/t28-/m0/s1. The van der Waals surface area contributed by atoms with Crippen molar-refractivity contribution in [2.75, 3.05) is 7.11 Å². The Hall–Kier alpha value is -3.21. The summed E-state index contributed by atoms with van der Waals surface area (Å²) in [5, 5.41) is 0. The largest absolute Gasteiger partial charge is 0.496 e. The summed E-state index contributed by atoms with van der Waals surface area (Å²) in [6.07, 6.45) is 1.57. The molecule has 10 heteroatoms. The van der Waals surface area contributed by atoms with Gasteiger partial charge in [0.1, 0.15) is 11.8 Å². The number of carbonyl (C=O) groups excluding carboxylic acids is 1. The van der Waals surface area contributed by atoms with E-state index in [0.717, 1.165) is 31.6 Å². The summed E-state index contributed by atoms with van der Waals surface area (Å²) < 4.78 is 17.4. The number of benzene rings is 2. The second-order valence-corrected chi connectivity index (χ2v) is 12.9. The Morgan fingerprint density at radius 3 is 2.39 bits per heavy atom. The van der Waals surface area contributed by atoms with Crippen LogP contribution in [0.2, 0.25) is 0 Å². The summed E-state index contributed by atoms with van der Waals surface area (Å²) in [5.74, 6) is 0.0379. The molecule has 2 aromatic carbocycles. The van der Waals surface area contributed by atoms with E-state index >= 15 is 0 Å². The van der Waals surface area contributed by atoms with E-state index in [4.69, 9.17) is 14.5 Å². The number of thiazole rings is 1. The highest BCUT2D eigenvalue weighted by molar-refractivity contribution is 9.10. The van der Waals surface area contributed by atoms with Gasteiger partial charge in [0, 0.05) is 31.6 Å². The predicted octanol–water partition coefficient (Wildman–Crippen LogP) is 6.13. The molecule has 7 nitrogen and oxygen atoms in total. The van der Waals surface area contributed by atoms with Crippen LogP contribution in [-0.4, -0.2) is 28.3 Å². The monoisotopic (exact) mass is 697 g/mol. The molecule has 0 unspecified atom stereocenters. The van der Waals surface area contributed by atoms with Gasteiger partial charge < -0.3 is 14.0 Å². The lowest BCUT2D eigenvalue weighted by atomic mass is 9.95. The number of aryl methyl sites for hydroxylation is 1. The topological polar surface area (TPSA) is 74.8 Å². The van der Waals surface area contributed by atoms with Gasteiger partial charge >= 0.3 is 5.97 Å². The Balaban J connectivity index is 1.72. The first-order valence-electron chi connectivity index (χ1n) is 13.0. The van der Waals surface area contributed by atoms with Gasteiger partial charge in [0.2, 0.25) is 0 Å². The van der Waals surface area contributed by atoms with Crippen molar-refractivity contribution in [3.05, 3.63) is 111 Å². The third-order valence-corrected chi connectivity index (χ3v) is 8.92. The Morgan fingerprint density at radius 2 is 1.73 bits per heavy atom. The summed E-state index contributed by atoms with van der Waals surface area (Å²) in [6, 6.07) is 14.9. The zero-order valence-corrected chi connectivity index (χ0v) is 27.5. The Kier molecular flexibility index (Phi) is 8.27. The zero-order chi connectivity index (χ0) is 29.6. The molecular formula is C31H29Br2N3O4S. The Labute approximate surface area is 258 Å². The van der Waals surface area contributed by atoms with E-state index in [1.54, 1.807) is 32.4 Å². The summed E-state index contributed by atoms with van der Waals surface area (Å²) in [6.45, 7) is 9.45. The van der Waals surface area contributed by atoms with Crippen LogP contribution in [0.1, 0.15) is 49.3 Å². The molecule has 0 radical (unpaired) electrons. The van der Waals surface area contributed by atoms with E-state index in [9.17, 15) is 9.59 Å². The van der Waals surface area contributed by atoms with Crippen molar-refractivity contribution in [3.63, 3.8) is 0 Å². The van der Waals surface area contributed by atoms with Crippen LogP contribution in [0.15, 0.2) is 78.5 Å². The van der Waals surface area contributed by atoms with Crippen LogP contribution in [0, 0.1) is 13.8 Å². The molecule has 0 saturated heterocycles. The molecule has 1 aliphatic heterocycles. The number of hydrogen-bond acceptors (Lipinski definition) is 6. The first-order valence-corrected chi connectivity index (χ1v) is 15.4. The van der Waals surface area contributed by atoms with Gasteiger partial charge in [0.05, 0.1) is 29.0 Å². The molecule has 0 bridgehead atoms. The van der Waals surface area contributed by atoms with Crippen LogP contribution in [-0.2, 0) is 9.53 Å². The van der Waals surface area contributed by atoms with Crippen LogP contribution >= 0.6 is 43.2 Å². The molecule has 1 aliphatic rings. The highest BCUT2D eigenvalue weighted by atomic mass is 79.9. The van der Waals surface area contributed by atoms with Crippen LogP contribution in [0.25, 0.3) is 11.8 Å². The van der Waals surface area contributed by atoms with E-state index in [2.05, 4.69) is 42.5 Å². The van der Waals surface area contributed by atoms with Crippen molar-refractivity contribution in [1.29, 1.82) is 0 Å². The summed E-state index contributed by atoms with van der Waals surface area (Å²) in [5.41, 5.74) is 5.27. The van der Waals surface area contributed by atoms with Crippen LogP contribution in [0.3, 0.4) is 0 Å². The molecule has 4 aromatic rings. The number of esters is 1. The van der Waals surface area contributed by atoms with E-state index < -0.39 is 12.0 Å². The van der Waals surface area contributed by atoms with E-state index in [1.165, 1.54) is 11.3 Å². The zero-order valence-electron chi connectivity index (χ0n) is 23.5. The lowest BCUT2D eigenvalue weighted by Gasteiger charge is -2.26. The number of ether oxygens (including phenoxy) is 2. The Bertz CT molecular complexity index is 1880. The van der Waals surface area contributed by atoms with Gasteiger partial charge in [-0.05, 0) is 94.8 Å². The lowest BCUT2D eigenvalue weighted by Crippen LogP contribution is -2.40. The molecule has 212 valence electrons. The quantitative estimate of drug-likeness (QED) is 0.227. The molecule has 1 atom stereocenters. The second-order valence-electron chi connectivity index (χ2n) is 10.1. The predicted molar refractivity (Wildman–Crippen MR) is 169 cm³/mol. The highest BCUT2D eigenvalue weighted by Gasteiger charge is 2.35. The van der Waals surface area contributed by atoms with Crippen molar-refractivity contribution >= 4 is 55.2 Å². The number of hydrogen-bond donors (Lipinski definition) is 0. The fourth-order valence-corrected chi connectivity index (χ4v) is 6.82. The molecule has 0 spiro atoms. The normalized spacial score (nSPS) is 15.2. The van der Waals surface area contributed by atoms with E-state index in [-0.39, 0.29) is 11.7 Å². The average Bonchev–Trinajstić information content (AvgIpc) is 3.37. The van der Waals surface area contributed by atoms with Crippen molar-refractivity contribution < 1.29 is 14.3 Å². The maximum atomic E-state index is 14.1. The minimum atomic E-state index is -0.776. The first kappa shape index (κ1) is 29.3.